The van der Waals surface area contributed by atoms with Gasteiger partial charge in [-0.2, -0.15) is 0 Å². The van der Waals surface area contributed by atoms with Gasteiger partial charge in [-0.25, -0.2) is 0 Å². The van der Waals surface area contributed by atoms with Crippen LogP contribution in [0.5, 0.6) is 0 Å². The molecule has 0 aromatic rings. The molecule has 0 atom stereocenters. The molecule has 2 rings (SSSR count). The first-order valence-electron chi connectivity index (χ1n) is 9.40. The average Bonchev–Trinajstić information content (AvgIpc) is 2.57. The van der Waals surface area contributed by atoms with Crippen LogP contribution in [0.25, 0.3) is 0 Å². The van der Waals surface area contributed by atoms with Crippen molar-refractivity contribution in [1.29, 1.82) is 0 Å². The fraction of sp³-hybridized carbons (Fsp3) is 0.889. The van der Waals surface area contributed by atoms with Crippen LogP contribution in [0.15, 0.2) is 4.99 Å². The van der Waals surface area contributed by atoms with Gasteiger partial charge in [-0.3, -0.25) is 9.79 Å². The van der Waals surface area contributed by atoms with E-state index >= 15 is 0 Å². The first kappa shape index (κ1) is 19.0. The molecule has 2 fully saturated rings. The van der Waals surface area contributed by atoms with E-state index in [1.54, 1.807) is 14.2 Å². The Labute approximate surface area is 146 Å². The van der Waals surface area contributed by atoms with Gasteiger partial charge in [-0.05, 0) is 37.5 Å². The third kappa shape index (κ3) is 5.96. The van der Waals surface area contributed by atoms with Crippen LogP contribution in [0, 0.1) is 5.41 Å². The molecular weight excluding hydrogens is 304 g/mol. The zero-order valence-corrected chi connectivity index (χ0v) is 15.3. The Morgan fingerprint density at radius 2 is 1.92 bits per heavy atom. The highest BCUT2D eigenvalue weighted by Crippen LogP contribution is 2.43. The molecule has 138 valence electrons. The van der Waals surface area contributed by atoms with Crippen LogP contribution in [0.2, 0.25) is 0 Å². The number of hydrogen-bond donors (Lipinski definition) is 3. The Morgan fingerprint density at radius 1 is 1.17 bits per heavy atom. The predicted molar refractivity (Wildman–Crippen MR) is 97.2 cm³/mol. The molecule has 0 heterocycles. The number of carbonyl (C=O) groups excluding carboxylic acids is 1. The fourth-order valence-electron chi connectivity index (χ4n) is 3.69. The molecule has 0 radical (unpaired) electrons. The minimum absolute atomic E-state index is 0.0580. The topological polar surface area (TPSA) is 74.8 Å². The summed E-state index contributed by atoms with van der Waals surface area (Å²) in [6, 6.07) is 0.357. The molecule has 2 saturated carbocycles. The molecule has 6 nitrogen and oxygen atoms in total. The Hall–Kier alpha value is -1.30. The quantitative estimate of drug-likeness (QED) is 0.466. The lowest BCUT2D eigenvalue weighted by Gasteiger charge is -2.42. The number of amides is 1. The van der Waals surface area contributed by atoms with Gasteiger partial charge in [0.05, 0.1) is 6.54 Å². The molecule has 2 aliphatic carbocycles. The van der Waals surface area contributed by atoms with E-state index in [2.05, 4.69) is 20.9 Å². The highest BCUT2D eigenvalue weighted by atomic mass is 16.5. The van der Waals surface area contributed by atoms with Gasteiger partial charge < -0.3 is 20.7 Å². The Balaban J connectivity index is 1.67. The van der Waals surface area contributed by atoms with Crippen molar-refractivity contribution >= 4 is 11.9 Å². The van der Waals surface area contributed by atoms with Gasteiger partial charge in [0, 0.05) is 33.4 Å². The third-order valence-corrected chi connectivity index (χ3v) is 5.49. The highest BCUT2D eigenvalue weighted by Gasteiger charge is 2.36. The molecule has 6 heteroatoms. The SMILES string of the molecule is CN=C(NCC(=O)NC1CCCCC1)NCC1(CCOC)CCC1. The average molecular weight is 338 g/mol. The maximum Gasteiger partial charge on any atom is 0.239 e. The molecular formula is C18H34N4O2. The molecule has 0 saturated heterocycles. The molecule has 1 amide bonds. The first-order valence-corrected chi connectivity index (χ1v) is 9.40. The molecule has 0 spiro atoms. The van der Waals surface area contributed by atoms with E-state index in [0.717, 1.165) is 32.4 Å². The van der Waals surface area contributed by atoms with Gasteiger partial charge in [0.2, 0.25) is 5.91 Å². The lowest BCUT2D eigenvalue weighted by Crippen LogP contribution is -2.49. The van der Waals surface area contributed by atoms with Gasteiger partial charge in [-0.15, -0.1) is 0 Å². The highest BCUT2D eigenvalue weighted by molar-refractivity contribution is 5.86. The summed E-state index contributed by atoms with van der Waals surface area (Å²) in [5.41, 5.74) is 0.331. The lowest BCUT2D eigenvalue weighted by atomic mass is 9.67. The summed E-state index contributed by atoms with van der Waals surface area (Å²) in [4.78, 5) is 16.3. The summed E-state index contributed by atoms with van der Waals surface area (Å²) in [6.45, 7) is 1.97. The molecule has 0 bridgehead atoms. The van der Waals surface area contributed by atoms with E-state index in [-0.39, 0.29) is 12.5 Å². The number of carbonyl (C=O) groups is 1. The number of nitrogens with one attached hydrogen (secondary N) is 3. The van der Waals surface area contributed by atoms with Crippen LogP contribution in [0.4, 0.5) is 0 Å². The minimum Gasteiger partial charge on any atom is -0.385 e. The Bertz CT molecular complexity index is 415. The normalized spacial score (nSPS) is 21.0. The van der Waals surface area contributed by atoms with Crippen molar-refractivity contribution in [3.05, 3.63) is 0 Å². The standard InChI is InChI=1S/C18H34N4O2/c1-19-17(21-14-18(9-6-10-18)11-12-24-2)20-13-16(23)22-15-7-4-3-5-8-15/h15H,3-14H2,1-2H3,(H,22,23)(H2,19,20,21). The number of nitrogens with zero attached hydrogens (tertiary/aromatic N) is 1. The predicted octanol–water partition coefficient (Wildman–Crippen LogP) is 1.81. The summed E-state index contributed by atoms with van der Waals surface area (Å²) in [7, 11) is 3.50. The van der Waals surface area contributed by atoms with Gasteiger partial charge in [0.15, 0.2) is 5.96 Å². The molecule has 24 heavy (non-hydrogen) atoms. The minimum atomic E-state index is 0.0580. The maximum absolute atomic E-state index is 12.1. The second-order valence-electron chi connectivity index (χ2n) is 7.28. The van der Waals surface area contributed by atoms with Crippen molar-refractivity contribution in [2.45, 2.75) is 63.8 Å². The van der Waals surface area contributed by atoms with E-state index < -0.39 is 0 Å². The van der Waals surface area contributed by atoms with Crippen molar-refractivity contribution in [2.24, 2.45) is 10.4 Å². The van der Waals surface area contributed by atoms with Crippen LogP contribution in [0.1, 0.15) is 57.8 Å². The van der Waals surface area contributed by atoms with Crippen molar-refractivity contribution in [3.8, 4) is 0 Å². The zero-order chi connectivity index (χ0) is 17.3. The van der Waals surface area contributed by atoms with E-state index in [4.69, 9.17) is 4.74 Å². The molecule has 3 N–H and O–H groups in total. The zero-order valence-electron chi connectivity index (χ0n) is 15.3. The number of aliphatic imine (C=N–C) groups is 1. The van der Waals surface area contributed by atoms with Crippen LogP contribution >= 0.6 is 0 Å². The molecule has 0 aromatic heterocycles. The summed E-state index contributed by atoms with van der Waals surface area (Å²) in [5, 5.41) is 9.63. The van der Waals surface area contributed by atoms with Crippen molar-refractivity contribution in [3.63, 3.8) is 0 Å². The number of rotatable bonds is 8. The second-order valence-corrected chi connectivity index (χ2v) is 7.28. The number of guanidine groups is 1. The van der Waals surface area contributed by atoms with Gasteiger partial charge in [0.1, 0.15) is 0 Å². The van der Waals surface area contributed by atoms with Gasteiger partial charge in [0.25, 0.3) is 0 Å². The summed E-state index contributed by atoms with van der Waals surface area (Å²) in [6.07, 6.45) is 10.8. The Kier molecular flexibility index (Phi) is 7.82. The first-order chi connectivity index (χ1) is 11.7. The molecule has 0 aromatic carbocycles. The van der Waals surface area contributed by atoms with E-state index in [0.29, 0.717) is 17.4 Å². The Morgan fingerprint density at radius 3 is 2.50 bits per heavy atom. The van der Waals surface area contributed by atoms with Crippen molar-refractivity contribution in [1.82, 2.24) is 16.0 Å². The van der Waals surface area contributed by atoms with E-state index in [1.165, 1.54) is 38.5 Å². The van der Waals surface area contributed by atoms with Crippen molar-refractivity contribution in [2.75, 3.05) is 33.9 Å². The maximum atomic E-state index is 12.1. The summed E-state index contributed by atoms with van der Waals surface area (Å²) >= 11 is 0. The largest absolute Gasteiger partial charge is 0.385 e. The third-order valence-electron chi connectivity index (χ3n) is 5.49. The van der Waals surface area contributed by atoms with E-state index in [1.807, 2.05) is 0 Å². The second kappa shape index (κ2) is 9.87. The molecule has 0 aliphatic heterocycles. The van der Waals surface area contributed by atoms with Crippen LogP contribution in [0.3, 0.4) is 0 Å². The number of hydrogen-bond acceptors (Lipinski definition) is 3. The fourth-order valence-corrected chi connectivity index (χ4v) is 3.69. The van der Waals surface area contributed by atoms with E-state index in [9.17, 15) is 4.79 Å². The molecule has 2 aliphatic rings. The summed E-state index contributed by atoms with van der Waals surface area (Å²) in [5.74, 6) is 0.764. The van der Waals surface area contributed by atoms with Crippen molar-refractivity contribution < 1.29 is 9.53 Å². The number of ether oxygens (including phenoxy) is 1. The van der Waals surface area contributed by atoms with Gasteiger partial charge >= 0.3 is 0 Å². The van der Waals surface area contributed by atoms with Crippen LogP contribution in [-0.2, 0) is 9.53 Å². The van der Waals surface area contributed by atoms with Crippen LogP contribution < -0.4 is 16.0 Å². The van der Waals surface area contributed by atoms with Crippen LogP contribution in [-0.4, -0.2) is 51.8 Å². The number of methoxy groups -OCH3 is 1. The molecule has 0 unspecified atom stereocenters. The van der Waals surface area contributed by atoms with Gasteiger partial charge in [-0.1, -0.05) is 25.7 Å². The lowest BCUT2D eigenvalue weighted by molar-refractivity contribution is -0.120. The smallest absolute Gasteiger partial charge is 0.239 e. The summed E-state index contributed by atoms with van der Waals surface area (Å²) < 4.78 is 5.23. The monoisotopic (exact) mass is 338 g/mol.